The molecule has 2 rings (SSSR count). The largest absolute Gasteiger partial charge is 0.480 e. The van der Waals surface area contributed by atoms with Crippen LogP contribution in [0.25, 0.3) is 0 Å². The van der Waals surface area contributed by atoms with Crippen molar-refractivity contribution in [2.24, 2.45) is 0 Å². The van der Waals surface area contributed by atoms with Crippen LogP contribution in [0, 0.1) is 0 Å². The highest BCUT2D eigenvalue weighted by atomic mass is 35.5. The molecule has 0 radical (unpaired) electrons. The Kier molecular flexibility index (Phi) is 2.67. The number of hydrogen-bond donors (Lipinski definition) is 1. The molecular weight excluding hydrogens is 238 g/mol. The Bertz CT molecular complexity index is 417. The Hall–Kier alpha value is -1.07. The smallest absolute Gasteiger partial charge is 0.326 e. The van der Waals surface area contributed by atoms with E-state index in [1.165, 1.54) is 16.2 Å². The van der Waals surface area contributed by atoms with Crippen molar-refractivity contribution in [3.63, 3.8) is 0 Å². The van der Waals surface area contributed by atoms with Crippen LogP contribution in [-0.4, -0.2) is 34.5 Å². The highest BCUT2D eigenvalue weighted by Crippen LogP contribution is 2.25. The van der Waals surface area contributed by atoms with Gasteiger partial charge in [0.25, 0.3) is 5.91 Å². The first-order valence-electron chi connectivity index (χ1n) is 4.37. The van der Waals surface area contributed by atoms with Crippen LogP contribution >= 0.6 is 22.9 Å². The fraction of sp³-hybridized carbons (Fsp3) is 0.333. The second kappa shape index (κ2) is 3.83. The summed E-state index contributed by atoms with van der Waals surface area (Å²) in [7, 11) is 0. The molecule has 4 nitrogen and oxygen atoms in total. The van der Waals surface area contributed by atoms with Gasteiger partial charge in [0.1, 0.15) is 6.04 Å². The molecule has 1 aliphatic heterocycles. The molecule has 6 heteroatoms. The summed E-state index contributed by atoms with van der Waals surface area (Å²) in [6, 6.07) is 0.891. The van der Waals surface area contributed by atoms with Crippen LogP contribution < -0.4 is 0 Å². The molecule has 0 saturated carbocycles. The summed E-state index contributed by atoms with van der Waals surface area (Å²) in [6.45, 7) is 0.503. The zero-order valence-corrected chi connectivity index (χ0v) is 9.22. The molecule has 1 fully saturated rings. The third kappa shape index (κ3) is 1.85. The van der Waals surface area contributed by atoms with E-state index in [-0.39, 0.29) is 5.91 Å². The van der Waals surface area contributed by atoms with Gasteiger partial charge >= 0.3 is 5.97 Å². The van der Waals surface area contributed by atoms with Crippen LogP contribution in [-0.2, 0) is 4.79 Å². The Morgan fingerprint density at radius 2 is 2.33 bits per heavy atom. The second-order valence-corrected chi connectivity index (χ2v) is 4.82. The first-order valence-corrected chi connectivity index (χ1v) is 5.63. The third-order valence-corrected chi connectivity index (χ3v) is 3.47. The molecule has 80 valence electrons. The van der Waals surface area contributed by atoms with Crippen molar-refractivity contribution in [3.05, 3.63) is 21.3 Å². The molecule has 1 aliphatic rings. The number of hydrogen-bond acceptors (Lipinski definition) is 3. The standard InChI is InChI=1S/C9H8ClNO3S/c10-7-3-5(4-15-7)8(12)11-2-1-6(11)9(13)14/h3-4,6H,1-2H2,(H,13,14). The fourth-order valence-electron chi connectivity index (χ4n) is 1.48. The number of amides is 1. The van der Waals surface area contributed by atoms with Gasteiger partial charge in [-0.25, -0.2) is 4.79 Å². The van der Waals surface area contributed by atoms with E-state index in [0.29, 0.717) is 22.9 Å². The van der Waals surface area contributed by atoms with Crippen LogP contribution in [0.4, 0.5) is 0 Å². The average Bonchev–Trinajstić information content (AvgIpc) is 2.48. The van der Waals surface area contributed by atoms with Gasteiger partial charge in [-0.2, -0.15) is 0 Å². The molecule has 0 bridgehead atoms. The molecule has 1 saturated heterocycles. The van der Waals surface area contributed by atoms with E-state index in [1.807, 2.05) is 0 Å². The Labute approximate surface area is 95.1 Å². The first kappa shape index (κ1) is 10.4. The summed E-state index contributed by atoms with van der Waals surface area (Å²) in [5, 5.41) is 10.4. The maximum Gasteiger partial charge on any atom is 0.326 e. The number of carboxylic acids is 1. The summed E-state index contributed by atoms with van der Waals surface area (Å²) < 4.78 is 0.533. The monoisotopic (exact) mass is 245 g/mol. The van der Waals surface area contributed by atoms with Crippen molar-refractivity contribution in [2.75, 3.05) is 6.54 Å². The van der Waals surface area contributed by atoms with Gasteiger partial charge in [0.05, 0.1) is 9.90 Å². The summed E-state index contributed by atoms with van der Waals surface area (Å²) in [5.74, 6) is -1.20. The minimum atomic E-state index is -0.948. The average molecular weight is 246 g/mol. The molecular formula is C9H8ClNO3S. The molecule has 1 atom stereocenters. The summed E-state index contributed by atoms with van der Waals surface area (Å²) in [6.07, 6.45) is 0.527. The zero-order chi connectivity index (χ0) is 11.0. The van der Waals surface area contributed by atoms with Crippen LogP contribution in [0.2, 0.25) is 4.34 Å². The SMILES string of the molecule is O=C(O)C1CCN1C(=O)c1csc(Cl)c1. The Morgan fingerprint density at radius 3 is 2.73 bits per heavy atom. The predicted molar refractivity (Wildman–Crippen MR) is 56.4 cm³/mol. The predicted octanol–water partition coefficient (Wildman–Crippen LogP) is 1.70. The molecule has 1 unspecified atom stereocenters. The van der Waals surface area contributed by atoms with Gasteiger partial charge in [0, 0.05) is 11.9 Å². The number of aliphatic carboxylic acids is 1. The summed E-state index contributed by atoms with van der Waals surface area (Å²) in [4.78, 5) is 23.8. The molecule has 1 N–H and O–H groups in total. The number of thiophene rings is 1. The van der Waals surface area contributed by atoms with Crippen molar-refractivity contribution in [1.29, 1.82) is 0 Å². The highest BCUT2D eigenvalue weighted by molar-refractivity contribution is 7.14. The maximum absolute atomic E-state index is 11.8. The molecule has 0 spiro atoms. The topological polar surface area (TPSA) is 57.6 Å². The summed E-state index contributed by atoms with van der Waals surface area (Å²) in [5.41, 5.74) is 0.468. The lowest BCUT2D eigenvalue weighted by atomic mass is 10.0. The van der Waals surface area contributed by atoms with Gasteiger partial charge < -0.3 is 10.0 Å². The lowest BCUT2D eigenvalue weighted by Crippen LogP contribution is -2.55. The number of halogens is 1. The molecule has 0 aliphatic carbocycles. The van der Waals surface area contributed by atoms with Gasteiger partial charge in [0.2, 0.25) is 0 Å². The van der Waals surface area contributed by atoms with E-state index in [9.17, 15) is 9.59 Å². The maximum atomic E-state index is 11.8. The molecule has 0 aromatic carbocycles. The van der Waals surface area contributed by atoms with Gasteiger partial charge in [0.15, 0.2) is 0 Å². The lowest BCUT2D eigenvalue weighted by Gasteiger charge is -2.37. The van der Waals surface area contributed by atoms with Crippen molar-refractivity contribution < 1.29 is 14.7 Å². The van der Waals surface area contributed by atoms with Crippen LogP contribution in [0.1, 0.15) is 16.8 Å². The minimum Gasteiger partial charge on any atom is -0.480 e. The van der Waals surface area contributed by atoms with Gasteiger partial charge in [-0.1, -0.05) is 11.6 Å². The van der Waals surface area contributed by atoms with Gasteiger partial charge in [-0.3, -0.25) is 4.79 Å². The van der Waals surface area contributed by atoms with Crippen LogP contribution in [0.5, 0.6) is 0 Å². The molecule has 1 aromatic rings. The quantitative estimate of drug-likeness (QED) is 0.863. The number of carbonyl (C=O) groups excluding carboxylic acids is 1. The van der Waals surface area contributed by atoms with Gasteiger partial charge in [-0.05, 0) is 12.5 Å². The van der Waals surface area contributed by atoms with Crippen molar-refractivity contribution in [2.45, 2.75) is 12.5 Å². The molecule has 1 aromatic heterocycles. The van der Waals surface area contributed by atoms with Gasteiger partial charge in [-0.15, -0.1) is 11.3 Å². The Morgan fingerprint density at radius 1 is 1.60 bits per heavy atom. The number of nitrogens with zero attached hydrogens (tertiary/aromatic N) is 1. The normalized spacial score (nSPS) is 19.8. The lowest BCUT2D eigenvalue weighted by molar-refractivity contribution is -0.146. The van der Waals surface area contributed by atoms with E-state index in [1.54, 1.807) is 11.4 Å². The van der Waals surface area contributed by atoms with Crippen LogP contribution in [0.3, 0.4) is 0 Å². The van der Waals surface area contributed by atoms with E-state index >= 15 is 0 Å². The first-order chi connectivity index (χ1) is 7.09. The zero-order valence-electron chi connectivity index (χ0n) is 7.64. The molecule has 2 heterocycles. The van der Waals surface area contributed by atoms with E-state index in [2.05, 4.69) is 0 Å². The summed E-state index contributed by atoms with van der Waals surface area (Å²) >= 11 is 6.97. The highest BCUT2D eigenvalue weighted by Gasteiger charge is 2.38. The third-order valence-electron chi connectivity index (χ3n) is 2.38. The van der Waals surface area contributed by atoms with Crippen LogP contribution in [0.15, 0.2) is 11.4 Å². The number of carbonyl (C=O) groups is 2. The number of carboxylic acid groups (broad SMARTS) is 1. The van der Waals surface area contributed by atoms with E-state index in [4.69, 9.17) is 16.7 Å². The molecule has 15 heavy (non-hydrogen) atoms. The molecule has 1 amide bonds. The van der Waals surface area contributed by atoms with Crippen molar-refractivity contribution in [3.8, 4) is 0 Å². The van der Waals surface area contributed by atoms with E-state index < -0.39 is 12.0 Å². The van der Waals surface area contributed by atoms with E-state index in [0.717, 1.165) is 0 Å². The Balaban J connectivity index is 2.12. The van der Waals surface area contributed by atoms with Crippen molar-refractivity contribution >= 4 is 34.8 Å². The fourth-order valence-corrected chi connectivity index (χ4v) is 2.33. The second-order valence-electron chi connectivity index (χ2n) is 3.28. The van der Waals surface area contributed by atoms with Crippen molar-refractivity contribution in [1.82, 2.24) is 4.90 Å². The minimum absolute atomic E-state index is 0.253. The number of likely N-dealkylation sites (tertiary alicyclic amines) is 1. The number of rotatable bonds is 2.